The highest BCUT2D eigenvalue weighted by Gasteiger charge is 2.26. The molecule has 11 heteroatoms. The van der Waals surface area contributed by atoms with Crippen LogP contribution in [0.15, 0.2) is 30.3 Å². The predicted molar refractivity (Wildman–Crippen MR) is 96.1 cm³/mol. The fourth-order valence-corrected chi connectivity index (χ4v) is 2.28. The zero-order chi connectivity index (χ0) is 21.6. The van der Waals surface area contributed by atoms with Crippen LogP contribution in [0.5, 0.6) is 11.5 Å². The van der Waals surface area contributed by atoms with Gasteiger partial charge in [-0.1, -0.05) is 0 Å². The number of esters is 1. The lowest BCUT2D eigenvalue weighted by molar-refractivity contribution is -0.385. The van der Waals surface area contributed by atoms with Crippen molar-refractivity contribution >= 4 is 23.3 Å². The number of hydrogen-bond donors (Lipinski definition) is 1. The van der Waals surface area contributed by atoms with Crippen molar-refractivity contribution in [2.24, 2.45) is 0 Å². The Labute approximate surface area is 163 Å². The molecule has 0 bridgehead atoms. The van der Waals surface area contributed by atoms with Crippen LogP contribution in [0.1, 0.15) is 17.3 Å². The molecule has 0 saturated carbocycles. The Morgan fingerprint density at radius 3 is 2.48 bits per heavy atom. The number of nitrogens with one attached hydrogen (secondary N) is 1. The van der Waals surface area contributed by atoms with Crippen LogP contribution < -0.4 is 14.8 Å². The van der Waals surface area contributed by atoms with Crippen LogP contribution >= 0.6 is 0 Å². The van der Waals surface area contributed by atoms with E-state index in [-0.39, 0.29) is 23.8 Å². The molecular formula is C18H16F2N2O7. The number of benzene rings is 2. The van der Waals surface area contributed by atoms with E-state index in [9.17, 15) is 28.5 Å². The topological polar surface area (TPSA) is 117 Å². The third-order valence-electron chi connectivity index (χ3n) is 3.54. The van der Waals surface area contributed by atoms with Gasteiger partial charge in [0.05, 0.1) is 30.4 Å². The van der Waals surface area contributed by atoms with E-state index in [0.29, 0.717) is 6.07 Å². The van der Waals surface area contributed by atoms with Crippen LogP contribution in [0.3, 0.4) is 0 Å². The number of ether oxygens (including phenoxy) is 3. The Balaban J connectivity index is 2.15. The molecule has 0 aliphatic heterocycles. The Bertz CT molecular complexity index is 950. The lowest BCUT2D eigenvalue weighted by Crippen LogP contribution is -2.22. The van der Waals surface area contributed by atoms with E-state index in [2.05, 4.69) is 5.32 Å². The van der Waals surface area contributed by atoms with Gasteiger partial charge in [-0.15, -0.1) is 0 Å². The van der Waals surface area contributed by atoms with E-state index in [1.807, 2.05) is 0 Å². The summed E-state index contributed by atoms with van der Waals surface area (Å²) < 4.78 is 41.5. The van der Waals surface area contributed by atoms with Crippen LogP contribution in [0.25, 0.3) is 0 Å². The number of carbonyl (C=O) groups is 2. The maximum Gasteiger partial charge on any atom is 0.345 e. The van der Waals surface area contributed by atoms with Crippen LogP contribution in [0.4, 0.5) is 20.2 Å². The number of anilines is 1. The molecule has 1 N–H and O–H groups in total. The second-order valence-electron chi connectivity index (χ2n) is 5.46. The van der Waals surface area contributed by atoms with Gasteiger partial charge >= 0.3 is 5.97 Å². The van der Waals surface area contributed by atoms with Crippen molar-refractivity contribution < 1.29 is 37.5 Å². The summed E-state index contributed by atoms with van der Waals surface area (Å²) in [4.78, 5) is 34.6. The zero-order valence-corrected chi connectivity index (χ0v) is 15.4. The van der Waals surface area contributed by atoms with Gasteiger partial charge in [-0.3, -0.25) is 14.9 Å². The number of halogens is 2. The van der Waals surface area contributed by atoms with Crippen molar-refractivity contribution in [3.05, 3.63) is 57.6 Å². The first-order valence-electron chi connectivity index (χ1n) is 8.18. The highest BCUT2D eigenvalue weighted by atomic mass is 19.1. The molecule has 0 radical (unpaired) electrons. The molecule has 154 valence electrons. The molecule has 0 saturated heterocycles. The molecule has 29 heavy (non-hydrogen) atoms. The molecule has 2 aromatic carbocycles. The van der Waals surface area contributed by atoms with Crippen molar-refractivity contribution in [1.29, 1.82) is 0 Å². The summed E-state index contributed by atoms with van der Waals surface area (Å²) in [5.41, 5.74) is -1.39. The van der Waals surface area contributed by atoms with E-state index in [4.69, 9.17) is 14.2 Å². The number of hydrogen-bond acceptors (Lipinski definition) is 7. The van der Waals surface area contributed by atoms with Crippen LogP contribution in [-0.2, 0) is 9.53 Å². The fourth-order valence-electron chi connectivity index (χ4n) is 2.28. The van der Waals surface area contributed by atoms with Crippen LogP contribution in [0.2, 0.25) is 0 Å². The van der Waals surface area contributed by atoms with Gasteiger partial charge in [0.25, 0.3) is 11.6 Å². The van der Waals surface area contributed by atoms with Crippen molar-refractivity contribution in [1.82, 2.24) is 0 Å². The molecule has 1 amide bonds. The molecule has 2 rings (SSSR count). The number of nitrogens with zero attached hydrogens (tertiary/aromatic N) is 1. The molecular weight excluding hydrogens is 394 g/mol. The summed E-state index contributed by atoms with van der Waals surface area (Å²) in [6, 6.07) is 4.56. The molecule has 0 aliphatic carbocycles. The van der Waals surface area contributed by atoms with Gasteiger partial charge in [0, 0.05) is 12.1 Å². The molecule has 0 atom stereocenters. The monoisotopic (exact) mass is 410 g/mol. The van der Waals surface area contributed by atoms with Crippen molar-refractivity contribution in [2.45, 2.75) is 6.92 Å². The third kappa shape index (κ3) is 5.37. The number of methoxy groups -OCH3 is 1. The minimum absolute atomic E-state index is 0.0413. The molecule has 0 heterocycles. The van der Waals surface area contributed by atoms with Gasteiger partial charge in [-0.2, -0.15) is 0 Å². The Morgan fingerprint density at radius 1 is 1.17 bits per heavy atom. The Morgan fingerprint density at radius 2 is 1.90 bits per heavy atom. The molecule has 0 spiro atoms. The van der Waals surface area contributed by atoms with Gasteiger partial charge in [-0.05, 0) is 19.1 Å². The first-order chi connectivity index (χ1) is 13.8. The minimum atomic E-state index is -1.17. The second kappa shape index (κ2) is 9.44. The minimum Gasteiger partial charge on any atom is -0.493 e. The highest BCUT2D eigenvalue weighted by Crippen LogP contribution is 2.35. The molecule has 0 aromatic heterocycles. The Hall–Kier alpha value is -3.76. The largest absolute Gasteiger partial charge is 0.493 e. The number of amides is 1. The molecule has 2 aromatic rings. The maximum atomic E-state index is 13.5. The predicted octanol–water partition coefficient (Wildman–Crippen LogP) is 3.08. The van der Waals surface area contributed by atoms with Crippen LogP contribution in [-0.4, -0.2) is 37.1 Å². The Kier molecular flexibility index (Phi) is 7.01. The molecule has 0 unspecified atom stereocenters. The van der Waals surface area contributed by atoms with E-state index in [1.54, 1.807) is 6.92 Å². The summed E-state index contributed by atoms with van der Waals surface area (Å²) in [6.45, 7) is 1.01. The number of nitro benzene ring substituents is 1. The van der Waals surface area contributed by atoms with Gasteiger partial charge in [-0.25, -0.2) is 13.6 Å². The summed E-state index contributed by atoms with van der Waals surface area (Å²) in [5.74, 6) is -3.83. The average Bonchev–Trinajstić information content (AvgIpc) is 2.68. The lowest BCUT2D eigenvalue weighted by atomic mass is 10.1. The van der Waals surface area contributed by atoms with Crippen molar-refractivity contribution in [3.8, 4) is 11.5 Å². The van der Waals surface area contributed by atoms with E-state index < -0.39 is 46.3 Å². The number of carbonyl (C=O) groups excluding carboxylic acids is 2. The van der Waals surface area contributed by atoms with Gasteiger partial charge in [0.2, 0.25) is 0 Å². The number of nitro groups is 1. The summed E-state index contributed by atoms with van der Waals surface area (Å²) in [5, 5.41) is 13.4. The molecule has 9 nitrogen and oxygen atoms in total. The number of rotatable bonds is 8. The first-order valence-corrected chi connectivity index (χ1v) is 8.18. The van der Waals surface area contributed by atoms with E-state index >= 15 is 0 Å². The quantitative estimate of drug-likeness (QED) is 0.404. The van der Waals surface area contributed by atoms with Crippen molar-refractivity contribution in [2.75, 3.05) is 25.6 Å². The first kappa shape index (κ1) is 21.5. The van der Waals surface area contributed by atoms with E-state index in [1.165, 1.54) is 7.11 Å². The standard InChI is InChI=1S/C18H16F2N2O7/c1-3-28-16-7-11(14(22(25)26)8-15(16)27-2)18(24)29-9-17(23)21-13-5-4-10(19)6-12(13)20/h4-8H,3,9H2,1-2H3,(H,21,23). The SMILES string of the molecule is CCOc1cc(C(=O)OCC(=O)Nc2ccc(F)cc2F)c([N+](=O)[O-])cc1OC. The van der Waals surface area contributed by atoms with Crippen LogP contribution in [0, 0.1) is 21.7 Å². The normalized spacial score (nSPS) is 10.2. The van der Waals surface area contributed by atoms with Crippen molar-refractivity contribution in [3.63, 3.8) is 0 Å². The van der Waals surface area contributed by atoms with Gasteiger partial charge in [0.15, 0.2) is 18.1 Å². The van der Waals surface area contributed by atoms with E-state index in [0.717, 1.165) is 24.3 Å². The van der Waals surface area contributed by atoms with Gasteiger partial charge < -0.3 is 19.5 Å². The summed E-state index contributed by atoms with van der Waals surface area (Å²) in [6.07, 6.45) is 0. The fraction of sp³-hybridized carbons (Fsp3) is 0.222. The third-order valence-corrected chi connectivity index (χ3v) is 3.54. The molecule has 0 aliphatic rings. The summed E-state index contributed by atoms with van der Waals surface area (Å²) >= 11 is 0. The highest BCUT2D eigenvalue weighted by molar-refractivity contribution is 5.98. The average molecular weight is 410 g/mol. The van der Waals surface area contributed by atoms with Gasteiger partial charge in [0.1, 0.15) is 17.2 Å². The lowest BCUT2D eigenvalue weighted by Gasteiger charge is -2.12. The zero-order valence-electron chi connectivity index (χ0n) is 15.4. The smallest absolute Gasteiger partial charge is 0.345 e. The molecule has 0 fully saturated rings. The summed E-state index contributed by atoms with van der Waals surface area (Å²) in [7, 11) is 1.28. The second-order valence-corrected chi connectivity index (χ2v) is 5.46. The maximum absolute atomic E-state index is 13.5.